The maximum absolute atomic E-state index is 13.2. The summed E-state index contributed by atoms with van der Waals surface area (Å²) in [6, 6.07) is -0.948. The van der Waals surface area contributed by atoms with Crippen LogP contribution in [0.15, 0.2) is 72.9 Å². The summed E-state index contributed by atoms with van der Waals surface area (Å²) >= 11 is 0. The number of hydrogen-bond acceptors (Lipinski definition) is 13. The van der Waals surface area contributed by atoms with Gasteiger partial charge in [-0.05, 0) is 83.5 Å². The fourth-order valence-corrected chi connectivity index (χ4v) is 8.74. The minimum atomic E-state index is -1.80. The Balaban J connectivity index is 1.83. The molecule has 0 aromatic rings. The van der Waals surface area contributed by atoms with Gasteiger partial charge in [-0.15, -0.1) is 0 Å². The fourth-order valence-electron chi connectivity index (χ4n) is 8.74. The Labute approximate surface area is 434 Å². The van der Waals surface area contributed by atoms with Crippen molar-refractivity contribution in [3.63, 3.8) is 0 Å². The van der Waals surface area contributed by atoms with Crippen LogP contribution in [0.2, 0.25) is 0 Å². The number of nitrogens with one attached hydrogen (secondary N) is 1. The summed E-state index contributed by atoms with van der Waals surface area (Å²) in [7, 11) is 0. The third-order valence-electron chi connectivity index (χ3n) is 13.3. The Morgan fingerprint density at radius 1 is 0.500 bits per heavy atom. The quantitative estimate of drug-likeness (QED) is 0.0206. The highest BCUT2D eigenvalue weighted by Gasteiger charge is 2.51. The topological polar surface area (TPSA) is 228 Å². The van der Waals surface area contributed by atoms with Gasteiger partial charge in [-0.2, -0.15) is 0 Å². The molecule has 72 heavy (non-hydrogen) atoms. The maximum Gasteiger partial charge on any atom is 0.220 e. The maximum atomic E-state index is 13.2. The fraction of sp³-hybridized carbons (Fsp3) is 0.776. The first kappa shape index (κ1) is 65.5. The van der Waals surface area contributed by atoms with Gasteiger partial charge in [-0.3, -0.25) is 4.79 Å². The molecule has 0 radical (unpaired) electrons. The van der Waals surface area contributed by atoms with Gasteiger partial charge in [0.25, 0.3) is 0 Å². The first-order valence-electron chi connectivity index (χ1n) is 28.2. The van der Waals surface area contributed by atoms with Crippen LogP contribution in [0.3, 0.4) is 0 Å². The van der Waals surface area contributed by atoms with E-state index < -0.39 is 86.8 Å². The largest absolute Gasteiger partial charge is 0.394 e. The van der Waals surface area contributed by atoms with Crippen molar-refractivity contribution in [2.75, 3.05) is 19.8 Å². The van der Waals surface area contributed by atoms with Crippen LogP contribution in [0.25, 0.3) is 0 Å². The highest BCUT2D eigenvalue weighted by Crippen LogP contribution is 2.30. The Morgan fingerprint density at radius 2 is 0.931 bits per heavy atom. The van der Waals surface area contributed by atoms with E-state index in [1.165, 1.54) is 83.5 Å². The van der Waals surface area contributed by atoms with Crippen molar-refractivity contribution in [1.82, 2.24) is 5.32 Å². The molecule has 416 valence electrons. The molecule has 0 spiro atoms. The van der Waals surface area contributed by atoms with Crippen molar-refractivity contribution >= 4 is 5.91 Å². The van der Waals surface area contributed by atoms with Gasteiger partial charge in [-0.25, -0.2) is 0 Å². The van der Waals surface area contributed by atoms with Crippen molar-refractivity contribution < 1.29 is 64.6 Å². The van der Waals surface area contributed by atoms with Crippen LogP contribution in [0, 0.1) is 0 Å². The van der Waals surface area contributed by atoms with E-state index in [2.05, 4.69) is 79.9 Å². The van der Waals surface area contributed by atoms with E-state index in [9.17, 15) is 45.6 Å². The molecule has 12 atom stereocenters. The lowest BCUT2D eigenvalue weighted by molar-refractivity contribution is -0.359. The molecule has 0 aromatic heterocycles. The highest BCUT2D eigenvalue weighted by atomic mass is 16.7. The lowest BCUT2D eigenvalue weighted by Crippen LogP contribution is -2.65. The second kappa shape index (κ2) is 43.6. The van der Waals surface area contributed by atoms with Crippen molar-refractivity contribution in [2.24, 2.45) is 0 Å². The number of hydrogen-bond donors (Lipinski definition) is 9. The summed E-state index contributed by atoms with van der Waals surface area (Å²) in [5.74, 6) is -0.269. The molecule has 0 aliphatic carbocycles. The number of carbonyl (C=O) groups excluding carboxylic acids is 1. The lowest BCUT2D eigenvalue weighted by Gasteiger charge is -2.46. The van der Waals surface area contributed by atoms with Gasteiger partial charge in [0.1, 0.15) is 48.8 Å². The van der Waals surface area contributed by atoms with E-state index >= 15 is 0 Å². The summed E-state index contributed by atoms with van der Waals surface area (Å²) in [4.78, 5) is 13.2. The first-order chi connectivity index (χ1) is 35.1. The molecule has 1 amide bonds. The number of aliphatic hydroxyl groups is 8. The van der Waals surface area contributed by atoms with Gasteiger partial charge in [0.15, 0.2) is 12.6 Å². The zero-order chi connectivity index (χ0) is 52.4. The summed E-state index contributed by atoms with van der Waals surface area (Å²) in [5, 5.41) is 86.9. The average Bonchev–Trinajstić information content (AvgIpc) is 3.38. The molecule has 12 unspecified atom stereocenters. The minimum Gasteiger partial charge on any atom is -0.394 e. The standard InChI is InChI=1S/C58H101NO13/c1-3-5-7-9-11-13-15-17-19-21-22-23-24-26-28-30-32-34-36-38-40-42-50(63)59-46(47(62)41-39-37-35-33-31-29-27-25-20-18-16-14-12-10-8-6-4-2)45-69-57-55(68)53(66)56(49(44-61)71-57)72-58-54(67)52(65)51(64)48(43-60)70-58/h15,17,20-22,24-26,31,33,39,41,46-49,51-58,60-62,64-68H,3-14,16,18-19,23,27-30,32,34-38,40,42-45H2,1-2H3,(H,59,63)/b17-15-,22-21-,25-20+,26-24-,33-31+,41-39+. The Morgan fingerprint density at radius 3 is 1.46 bits per heavy atom. The van der Waals surface area contributed by atoms with Gasteiger partial charge < -0.3 is 65.1 Å². The van der Waals surface area contributed by atoms with Gasteiger partial charge in [0.2, 0.25) is 5.91 Å². The lowest BCUT2D eigenvalue weighted by atomic mass is 9.97. The molecule has 0 aromatic carbocycles. The van der Waals surface area contributed by atoms with Crippen LogP contribution in [-0.4, -0.2) is 140 Å². The number of carbonyl (C=O) groups is 1. The second-order valence-electron chi connectivity index (χ2n) is 19.7. The summed E-state index contributed by atoms with van der Waals surface area (Å²) in [6.45, 7) is 2.73. The van der Waals surface area contributed by atoms with Gasteiger partial charge >= 0.3 is 0 Å². The molecule has 2 saturated heterocycles. The van der Waals surface area contributed by atoms with E-state index in [0.717, 1.165) is 77.0 Å². The van der Waals surface area contributed by atoms with Crippen LogP contribution in [0.4, 0.5) is 0 Å². The van der Waals surface area contributed by atoms with E-state index in [1.807, 2.05) is 6.08 Å². The molecule has 2 rings (SSSR count). The van der Waals surface area contributed by atoms with Gasteiger partial charge in [0.05, 0.1) is 32.0 Å². The van der Waals surface area contributed by atoms with E-state index in [4.69, 9.17) is 18.9 Å². The molecule has 9 N–H and O–H groups in total. The van der Waals surface area contributed by atoms with Crippen LogP contribution < -0.4 is 5.32 Å². The Bertz CT molecular complexity index is 1480. The minimum absolute atomic E-state index is 0.252. The van der Waals surface area contributed by atoms with E-state index in [-0.39, 0.29) is 18.9 Å². The Hall–Kier alpha value is -2.57. The zero-order valence-corrected chi connectivity index (χ0v) is 44.4. The second-order valence-corrected chi connectivity index (χ2v) is 19.7. The van der Waals surface area contributed by atoms with Crippen molar-refractivity contribution in [1.29, 1.82) is 0 Å². The molecule has 2 heterocycles. The molecule has 0 saturated carbocycles. The van der Waals surface area contributed by atoms with Gasteiger partial charge in [0, 0.05) is 6.42 Å². The normalized spacial score (nSPS) is 26.1. The third kappa shape index (κ3) is 29.5. The molecular weight excluding hydrogens is 919 g/mol. The summed E-state index contributed by atoms with van der Waals surface area (Å²) in [5.41, 5.74) is 0. The van der Waals surface area contributed by atoms with Crippen molar-refractivity contribution in [3.8, 4) is 0 Å². The molecule has 14 heteroatoms. The van der Waals surface area contributed by atoms with E-state index in [0.29, 0.717) is 12.8 Å². The third-order valence-corrected chi connectivity index (χ3v) is 13.3. The smallest absolute Gasteiger partial charge is 0.220 e. The van der Waals surface area contributed by atoms with Crippen molar-refractivity contribution in [3.05, 3.63) is 72.9 Å². The number of unbranched alkanes of at least 4 members (excludes halogenated alkanes) is 20. The van der Waals surface area contributed by atoms with Crippen LogP contribution in [-0.2, 0) is 23.7 Å². The number of aliphatic hydroxyl groups excluding tert-OH is 8. The molecule has 2 aliphatic rings. The molecule has 14 nitrogen and oxygen atoms in total. The number of amides is 1. The highest BCUT2D eigenvalue weighted by molar-refractivity contribution is 5.76. The Kier molecular flexibility index (Phi) is 39.7. The zero-order valence-electron chi connectivity index (χ0n) is 44.4. The van der Waals surface area contributed by atoms with Crippen LogP contribution in [0.1, 0.15) is 194 Å². The van der Waals surface area contributed by atoms with Gasteiger partial charge in [-0.1, -0.05) is 177 Å². The van der Waals surface area contributed by atoms with Crippen LogP contribution >= 0.6 is 0 Å². The number of ether oxygens (including phenoxy) is 4. The molecule has 2 fully saturated rings. The first-order valence-corrected chi connectivity index (χ1v) is 28.2. The number of rotatable bonds is 43. The molecule has 2 aliphatic heterocycles. The molecular formula is C58H101NO13. The predicted molar refractivity (Wildman–Crippen MR) is 286 cm³/mol. The summed E-state index contributed by atoms with van der Waals surface area (Å²) < 4.78 is 22.7. The van der Waals surface area contributed by atoms with Crippen LogP contribution in [0.5, 0.6) is 0 Å². The summed E-state index contributed by atoms with van der Waals surface area (Å²) in [6.07, 6.45) is 39.3. The van der Waals surface area contributed by atoms with Crippen molar-refractivity contribution in [2.45, 2.75) is 267 Å². The SMILES string of the molecule is CCCCCCC/C=C\C/C=C\C/C=C\CCCCCCCCC(=O)NC(COC1OC(CO)C(OC2OC(CO)C(O)C(O)C2O)C(O)C1O)C(O)/C=C/CC/C=C/CC/C=C/CCCCCCCCC. The monoisotopic (exact) mass is 1020 g/mol. The molecule has 0 bridgehead atoms. The van der Waals surface area contributed by atoms with E-state index in [1.54, 1.807) is 6.08 Å². The number of allylic oxidation sites excluding steroid dienone is 11. The predicted octanol–water partition coefficient (Wildman–Crippen LogP) is 8.77. The average molecular weight is 1020 g/mol.